The van der Waals surface area contributed by atoms with Crippen molar-refractivity contribution < 1.29 is 0 Å². The second kappa shape index (κ2) is 4.93. The number of para-hydroxylation sites is 1. The molecule has 0 atom stereocenters. The number of fused-ring (bicyclic) bond motifs is 1. The standard InChI is InChI=1S/C16H24N2/c1-17-12-16(9-5-10-16)13-18-11-4-7-14-6-2-3-8-15(14)18/h2-3,6,8,17H,4-5,7,9-13H2,1H3. The second-order valence-electron chi connectivity index (χ2n) is 6.04. The van der Waals surface area contributed by atoms with E-state index in [0.717, 1.165) is 0 Å². The van der Waals surface area contributed by atoms with Gasteiger partial charge in [-0.05, 0) is 44.4 Å². The van der Waals surface area contributed by atoms with Gasteiger partial charge in [-0.3, -0.25) is 0 Å². The third-order valence-electron chi connectivity index (χ3n) is 4.70. The Kier molecular flexibility index (Phi) is 3.29. The van der Waals surface area contributed by atoms with Crippen LogP contribution in [0.5, 0.6) is 0 Å². The van der Waals surface area contributed by atoms with Crippen LogP contribution in [0, 0.1) is 5.41 Å². The topological polar surface area (TPSA) is 15.3 Å². The summed E-state index contributed by atoms with van der Waals surface area (Å²) in [6.45, 7) is 3.65. The molecule has 0 aromatic heterocycles. The second-order valence-corrected chi connectivity index (χ2v) is 6.04. The molecule has 1 N–H and O–H groups in total. The fourth-order valence-corrected chi connectivity index (χ4v) is 3.62. The Hall–Kier alpha value is -1.02. The molecule has 98 valence electrons. The summed E-state index contributed by atoms with van der Waals surface area (Å²) in [5.41, 5.74) is 3.58. The largest absolute Gasteiger partial charge is 0.371 e. The van der Waals surface area contributed by atoms with Crippen molar-refractivity contribution in [1.82, 2.24) is 5.32 Å². The van der Waals surface area contributed by atoms with E-state index in [2.05, 4.69) is 41.5 Å². The summed E-state index contributed by atoms with van der Waals surface area (Å²) in [6.07, 6.45) is 6.77. The van der Waals surface area contributed by atoms with Gasteiger partial charge in [-0.25, -0.2) is 0 Å². The number of benzene rings is 1. The van der Waals surface area contributed by atoms with Crippen molar-refractivity contribution >= 4 is 5.69 Å². The van der Waals surface area contributed by atoms with Gasteiger partial charge in [-0.2, -0.15) is 0 Å². The van der Waals surface area contributed by atoms with Gasteiger partial charge in [0.25, 0.3) is 0 Å². The summed E-state index contributed by atoms with van der Waals surface area (Å²) < 4.78 is 0. The Morgan fingerprint density at radius 2 is 2.06 bits per heavy atom. The van der Waals surface area contributed by atoms with Crippen molar-refractivity contribution in [2.24, 2.45) is 5.41 Å². The molecule has 1 fully saturated rings. The van der Waals surface area contributed by atoms with Crippen LogP contribution in [0.25, 0.3) is 0 Å². The summed E-state index contributed by atoms with van der Waals surface area (Å²) >= 11 is 0. The van der Waals surface area contributed by atoms with Gasteiger partial charge in [-0.15, -0.1) is 0 Å². The van der Waals surface area contributed by atoms with E-state index < -0.39 is 0 Å². The van der Waals surface area contributed by atoms with Gasteiger partial charge in [0.05, 0.1) is 0 Å². The molecule has 1 aromatic rings. The fourth-order valence-electron chi connectivity index (χ4n) is 3.62. The van der Waals surface area contributed by atoms with Gasteiger partial charge in [0.1, 0.15) is 0 Å². The molecule has 1 heterocycles. The average Bonchev–Trinajstić information content (AvgIpc) is 2.37. The SMILES string of the molecule is CNCC1(CN2CCCc3ccccc32)CCC1. The zero-order chi connectivity index (χ0) is 12.4. The molecule has 1 aliphatic heterocycles. The van der Waals surface area contributed by atoms with E-state index in [1.165, 1.54) is 57.4 Å². The number of rotatable bonds is 4. The molecule has 0 bridgehead atoms. The molecule has 0 amide bonds. The molecule has 1 aromatic carbocycles. The number of nitrogens with zero attached hydrogens (tertiary/aromatic N) is 1. The lowest BCUT2D eigenvalue weighted by Crippen LogP contribution is -2.49. The van der Waals surface area contributed by atoms with E-state index in [1.54, 1.807) is 5.56 Å². The minimum Gasteiger partial charge on any atom is -0.371 e. The number of anilines is 1. The smallest absolute Gasteiger partial charge is 0.0398 e. The highest BCUT2D eigenvalue weighted by atomic mass is 15.1. The summed E-state index contributed by atoms with van der Waals surface area (Å²) in [7, 11) is 2.09. The predicted octanol–water partition coefficient (Wildman–Crippen LogP) is 2.83. The normalized spacial score (nSPS) is 21.3. The molecule has 3 rings (SSSR count). The third kappa shape index (κ3) is 2.14. The first-order chi connectivity index (χ1) is 8.83. The molecule has 0 unspecified atom stereocenters. The van der Waals surface area contributed by atoms with Crippen molar-refractivity contribution in [2.75, 3.05) is 31.6 Å². The summed E-state index contributed by atoms with van der Waals surface area (Å²) in [4.78, 5) is 2.63. The Bertz CT molecular complexity index is 409. The van der Waals surface area contributed by atoms with Crippen LogP contribution < -0.4 is 10.2 Å². The maximum absolute atomic E-state index is 3.40. The highest BCUT2D eigenvalue weighted by molar-refractivity contribution is 5.55. The van der Waals surface area contributed by atoms with Gasteiger partial charge in [0.15, 0.2) is 0 Å². The van der Waals surface area contributed by atoms with Gasteiger partial charge >= 0.3 is 0 Å². The lowest BCUT2D eigenvalue weighted by atomic mass is 9.68. The highest BCUT2D eigenvalue weighted by Crippen LogP contribution is 2.42. The molecule has 1 aliphatic carbocycles. The minimum absolute atomic E-state index is 0.541. The molecule has 1 saturated carbocycles. The molecule has 0 saturated heterocycles. The van der Waals surface area contributed by atoms with Crippen molar-refractivity contribution in [3.63, 3.8) is 0 Å². The van der Waals surface area contributed by atoms with Crippen LogP contribution in [-0.4, -0.2) is 26.7 Å². The molecule has 2 heteroatoms. The lowest BCUT2D eigenvalue weighted by Gasteiger charge is -2.47. The van der Waals surface area contributed by atoms with Gasteiger partial charge in [0, 0.05) is 30.7 Å². The maximum atomic E-state index is 3.40. The third-order valence-corrected chi connectivity index (χ3v) is 4.70. The highest BCUT2D eigenvalue weighted by Gasteiger charge is 2.38. The van der Waals surface area contributed by atoms with E-state index in [1.807, 2.05) is 0 Å². The van der Waals surface area contributed by atoms with E-state index >= 15 is 0 Å². The maximum Gasteiger partial charge on any atom is 0.0398 e. The number of hydrogen-bond donors (Lipinski definition) is 1. The minimum atomic E-state index is 0.541. The van der Waals surface area contributed by atoms with Crippen LogP contribution in [0.1, 0.15) is 31.2 Å². The molecule has 2 nitrogen and oxygen atoms in total. The lowest BCUT2D eigenvalue weighted by molar-refractivity contribution is 0.140. The monoisotopic (exact) mass is 244 g/mol. The quantitative estimate of drug-likeness (QED) is 0.876. The summed E-state index contributed by atoms with van der Waals surface area (Å²) in [5, 5.41) is 3.40. The first kappa shape index (κ1) is 12.0. The zero-order valence-electron chi connectivity index (χ0n) is 11.4. The Morgan fingerprint density at radius 3 is 2.78 bits per heavy atom. The molecular weight excluding hydrogens is 220 g/mol. The van der Waals surface area contributed by atoms with Gasteiger partial charge in [-0.1, -0.05) is 24.6 Å². The Morgan fingerprint density at radius 1 is 1.22 bits per heavy atom. The van der Waals surface area contributed by atoms with Crippen molar-refractivity contribution in [1.29, 1.82) is 0 Å². The van der Waals surface area contributed by atoms with Crippen molar-refractivity contribution in [2.45, 2.75) is 32.1 Å². The van der Waals surface area contributed by atoms with Gasteiger partial charge < -0.3 is 10.2 Å². The van der Waals surface area contributed by atoms with Crippen LogP contribution in [-0.2, 0) is 6.42 Å². The van der Waals surface area contributed by atoms with Crippen molar-refractivity contribution in [3.8, 4) is 0 Å². The van der Waals surface area contributed by atoms with E-state index in [0.29, 0.717) is 5.41 Å². The number of nitrogens with one attached hydrogen (secondary N) is 1. The Balaban J connectivity index is 1.77. The van der Waals surface area contributed by atoms with E-state index in [-0.39, 0.29) is 0 Å². The van der Waals surface area contributed by atoms with Crippen molar-refractivity contribution in [3.05, 3.63) is 29.8 Å². The number of hydrogen-bond acceptors (Lipinski definition) is 2. The molecule has 18 heavy (non-hydrogen) atoms. The van der Waals surface area contributed by atoms with Crippen LogP contribution in [0.15, 0.2) is 24.3 Å². The van der Waals surface area contributed by atoms with Crippen LogP contribution in [0.3, 0.4) is 0 Å². The van der Waals surface area contributed by atoms with E-state index in [9.17, 15) is 0 Å². The predicted molar refractivity (Wildman–Crippen MR) is 77.2 cm³/mol. The molecule has 0 spiro atoms. The van der Waals surface area contributed by atoms with Crippen LogP contribution in [0.2, 0.25) is 0 Å². The number of aryl methyl sites for hydroxylation is 1. The first-order valence-electron chi connectivity index (χ1n) is 7.30. The van der Waals surface area contributed by atoms with Gasteiger partial charge in [0.2, 0.25) is 0 Å². The van der Waals surface area contributed by atoms with Crippen LogP contribution >= 0.6 is 0 Å². The first-order valence-corrected chi connectivity index (χ1v) is 7.30. The fraction of sp³-hybridized carbons (Fsp3) is 0.625. The molecule has 0 radical (unpaired) electrons. The zero-order valence-corrected chi connectivity index (χ0v) is 11.4. The molecular formula is C16H24N2. The van der Waals surface area contributed by atoms with E-state index in [4.69, 9.17) is 0 Å². The summed E-state index contributed by atoms with van der Waals surface area (Å²) in [5.74, 6) is 0. The molecule has 2 aliphatic rings. The Labute approximate surface area is 110 Å². The van der Waals surface area contributed by atoms with Crippen LogP contribution in [0.4, 0.5) is 5.69 Å². The average molecular weight is 244 g/mol. The summed E-state index contributed by atoms with van der Waals surface area (Å²) in [6, 6.07) is 8.96.